The van der Waals surface area contributed by atoms with Crippen LogP contribution in [0.15, 0.2) is 0 Å². The topological polar surface area (TPSA) is 86.8 Å². The van der Waals surface area contributed by atoms with Crippen LogP contribution >= 0.6 is 11.3 Å². The maximum atomic E-state index is 12.4. The molecular weight excluding hydrogens is 324 g/mol. The van der Waals surface area contributed by atoms with Gasteiger partial charge in [0.05, 0.1) is 11.7 Å². The molecule has 130 valence electrons. The van der Waals surface area contributed by atoms with E-state index in [9.17, 15) is 4.79 Å². The molecule has 24 heavy (non-hydrogen) atoms. The Bertz CT molecular complexity index is 709. The number of fused-ring (bicyclic) bond motifs is 1. The second-order valence-corrected chi connectivity index (χ2v) is 7.33. The van der Waals surface area contributed by atoms with E-state index in [1.807, 2.05) is 25.8 Å². The van der Waals surface area contributed by atoms with Crippen molar-refractivity contribution in [3.05, 3.63) is 22.0 Å². The first-order valence-corrected chi connectivity index (χ1v) is 9.28. The average Bonchev–Trinajstić information content (AvgIpc) is 3.21. The number of anilines is 1. The molecule has 2 N–H and O–H groups in total. The number of hydrogen-bond donors (Lipinski definition) is 2. The number of aromatic nitrogens is 4. The molecule has 1 atom stereocenters. The maximum absolute atomic E-state index is 12.4. The van der Waals surface area contributed by atoms with E-state index < -0.39 is 0 Å². The highest BCUT2D eigenvalue weighted by atomic mass is 32.1. The van der Waals surface area contributed by atoms with Gasteiger partial charge in [-0.1, -0.05) is 18.3 Å². The van der Waals surface area contributed by atoms with Crippen molar-refractivity contribution in [3.63, 3.8) is 0 Å². The van der Waals surface area contributed by atoms with Gasteiger partial charge in [-0.05, 0) is 51.6 Å². The number of rotatable bonds is 6. The second-order valence-electron chi connectivity index (χ2n) is 6.27. The predicted molar refractivity (Wildman–Crippen MR) is 94.1 cm³/mol. The standard InChI is InChI=1S/C16H24N6OS/c1-4-14-20-21-16(24-14)17-15(23)10(2)22(3)9-13-11-7-5-6-8-12(11)18-19-13/h10H,4-9H2,1-3H3,(H,18,19)(H,17,21,23)/t10-/m0/s1. The quantitative estimate of drug-likeness (QED) is 0.835. The Morgan fingerprint density at radius 1 is 1.38 bits per heavy atom. The summed E-state index contributed by atoms with van der Waals surface area (Å²) in [6.45, 7) is 4.58. The second kappa shape index (κ2) is 7.40. The number of carbonyl (C=O) groups excluding carboxylic acids is 1. The number of carbonyl (C=O) groups is 1. The van der Waals surface area contributed by atoms with Crippen LogP contribution in [0.25, 0.3) is 0 Å². The third kappa shape index (κ3) is 3.64. The largest absolute Gasteiger partial charge is 0.299 e. The van der Waals surface area contributed by atoms with Crippen LogP contribution in [-0.4, -0.2) is 44.3 Å². The summed E-state index contributed by atoms with van der Waals surface area (Å²) < 4.78 is 0. The van der Waals surface area contributed by atoms with Gasteiger partial charge in [0.2, 0.25) is 11.0 Å². The van der Waals surface area contributed by atoms with E-state index in [1.54, 1.807) is 0 Å². The van der Waals surface area contributed by atoms with Gasteiger partial charge in [-0.2, -0.15) is 5.10 Å². The first kappa shape index (κ1) is 17.0. The van der Waals surface area contributed by atoms with Crippen LogP contribution in [0.4, 0.5) is 5.13 Å². The zero-order valence-corrected chi connectivity index (χ0v) is 15.2. The molecule has 0 fully saturated rings. The zero-order valence-electron chi connectivity index (χ0n) is 14.4. The first-order chi connectivity index (χ1) is 11.6. The number of likely N-dealkylation sites (N-methyl/N-ethyl adjacent to an activating group) is 1. The van der Waals surface area contributed by atoms with Crippen molar-refractivity contribution in [1.82, 2.24) is 25.3 Å². The van der Waals surface area contributed by atoms with Gasteiger partial charge in [-0.3, -0.25) is 20.1 Å². The summed E-state index contributed by atoms with van der Waals surface area (Å²) in [6.07, 6.45) is 5.44. The first-order valence-electron chi connectivity index (χ1n) is 8.47. The van der Waals surface area contributed by atoms with Crippen molar-refractivity contribution in [2.45, 2.75) is 58.5 Å². The molecule has 2 aromatic rings. The molecule has 0 aromatic carbocycles. The lowest BCUT2D eigenvalue weighted by Crippen LogP contribution is -2.39. The molecule has 0 saturated carbocycles. The number of aromatic amines is 1. The SMILES string of the molecule is CCc1nnc(NC(=O)[C@H](C)N(C)Cc2n[nH]c3c2CCCC3)s1. The zero-order chi connectivity index (χ0) is 17.1. The van der Waals surface area contributed by atoms with Crippen LogP contribution in [0, 0.1) is 0 Å². The molecule has 0 bridgehead atoms. The van der Waals surface area contributed by atoms with E-state index in [2.05, 4.69) is 25.7 Å². The molecule has 8 heteroatoms. The molecule has 0 saturated heterocycles. The van der Waals surface area contributed by atoms with Gasteiger partial charge in [0.25, 0.3) is 0 Å². The highest BCUT2D eigenvalue weighted by molar-refractivity contribution is 7.15. The summed E-state index contributed by atoms with van der Waals surface area (Å²) in [5.41, 5.74) is 3.68. The lowest BCUT2D eigenvalue weighted by molar-refractivity contribution is -0.120. The summed E-state index contributed by atoms with van der Waals surface area (Å²) in [6, 6.07) is -0.269. The Hall–Kier alpha value is -1.80. The fourth-order valence-corrected chi connectivity index (χ4v) is 3.59. The number of nitrogens with zero attached hydrogens (tertiary/aromatic N) is 4. The Balaban J connectivity index is 1.60. The van der Waals surface area contributed by atoms with Crippen molar-refractivity contribution >= 4 is 22.4 Å². The summed E-state index contributed by atoms with van der Waals surface area (Å²) in [7, 11) is 1.95. The Morgan fingerprint density at radius 2 is 2.17 bits per heavy atom. The fraction of sp³-hybridized carbons (Fsp3) is 0.625. The minimum absolute atomic E-state index is 0.0688. The van der Waals surface area contributed by atoms with E-state index in [0.717, 1.165) is 30.0 Å². The smallest absolute Gasteiger partial charge is 0.243 e. The van der Waals surface area contributed by atoms with Crippen LogP contribution in [0.5, 0.6) is 0 Å². The van der Waals surface area contributed by atoms with E-state index in [0.29, 0.717) is 11.7 Å². The van der Waals surface area contributed by atoms with Gasteiger partial charge in [0.1, 0.15) is 5.01 Å². The van der Waals surface area contributed by atoms with Crippen LogP contribution in [0.2, 0.25) is 0 Å². The highest BCUT2D eigenvalue weighted by Gasteiger charge is 2.23. The fourth-order valence-electron chi connectivity index (χ4n) is 2.91. The minimum atomic E-state index is -0.269. The monoisotopic (exact) mass is 348 g/mol. The van der Waals surface area contributed by atoms with E-state index in [1.165, 1.54) is 35.4 Å². The molecule has 2 heterocycles. The van der Waals surface area contributed by atoms with Crippen LogP contribution in [0.3, 0.4) is 0 Å². The molecular formula is C16H24N6OS. The number of hydrogen-bond acceptors (Lipinski definition) is 6. The Morgan fingerprint density at radius 3 is 2.92 bits per heavy atom. The van der Waals surface area contributed by atoms with E-state index in [-0.39, 0.29) is 11.9 Å². The Labute approximate surface area is 145 Å². The molecule has 2 aromatic heterocycles. The number of nitrogens with one attached hydrogen (secondary N) is 2. The summed E-state index contributed by atoms with van der Waals surface area (Å²) in [4.78, 5) is 14.4. The normalized spacial score (nSPS) is 15.3. The summed E-state index contributed by atoms with van der Waals surface area (Å²) in [5, 5.41) is 20.0. The molecule has 0 unspecified atom stereocenters. The van der Waals surface area contributed by atoms with Gasteiger partial charge in [0.15, 0.2) is 0 Å². The predicted octanol–water partition coefficient (Wildman–Crippen LogP) is 2.16. The Kier molecular flexibility index (Phi) is 5.25. The van der Waals surface area contributed by atoms with Crippen LogP contribution in [-0.2, 0) is 30.6 Å². The van der Waals surface area contributed by atoms with Crippen molar-refractivity contribution in [1.29, 1.82) is 0 Å². The lowest BCUT2D eigenvalue weighted by Gasteiger charge is -2.23. The third-order valence-electron chi connectivity index (χ3n) is 4.58. The molecule has 1 aliphatic rings. The van der Waals surface area contributed by atoms with Crippen molar-refractivity contribution in [2.24, 2.45) is 0 Å². The number of amides is 1. The van der Waals surface area contributed by atoms with Gasteiger partial charge < -0.3 is 0 Å². The molecule has 0 radical (unpaired) electrons. The highest BCUT2D eigenvalue weighted by Crippen LogP contribution is 2.23. The van der Waals surface area contributed by atoms with Crippen LogP contribution in [0.1, 0.15) is 48.6 Å². The molecule has 0 spiro atoms. The lowest BCUT2D eigenvalue weighted by atomic mass is 9.96. The molecule has 0 aliphatic heterocycles. The summed E-state index contributed by atoms with van der Waals surface area (Å²) in [5.74, 6) is -0.0688. The van der Waals surface area contributed by atoms with Gasteiger partial charge >= 0.3 is 0 Å². The molecule has 1 aliphatic carbocycles. The van der Waals surface area contributed by atoms with Gasteiger partial charge in [-0.15, -0.1) is 10.2 Å². The molecule has 1 amide bonds. The number of aryl methyl sites for hydroxylation is 2. The number of H-pyrrole nitrogens is 1. The van der Waals surface area contributed by atoms with E-state index >= 15 is 0 Å². The molecule has 7 nitrogen and oxygen atoms in total. The van der Waals surface area contributed by atoms with Gasteiger partial charge in [-0.25, -0.2) is 0 Å². The van der Waals surface area contributed by atoms with Crippen molar-refractivity contribution in [3.8, 4) is 0 Å². The van der Waals surface area contributed by atoms with Crippen LogP contribution < -0.4 is 5.32 Å². The summed E-state index contributed by atoms with van der Waals surface area (Å²) >= 11 is 1.42. The van der Waals surface area contributed by atoms with E-state index in [4.69, 9.17) is 0 Å². The third-order valence-corrected chi connectivity index (χ3v) is 5.56. The maximum Gasteiger partial charge on any atom is 0.243 e. The van der Waals surface area contributed by atoms with Crippen molar-refractivity contribution < 1.29 is 4.79 Å². The van der Waals surface area contributed by atoms with Crippen molar-refractivity contribution in [2.75, 3.05) is 12.4 Å². The average molecular weight is 348 g/mol. The van der Waals surface area contributed by atoms with Gasteiger partial charge in [0, 0.05) is 12.2 Å². The minimum Gasteiger partial charge on any atom is -0.299 e. The molecule has 3 rings (SSSR count).